The number of amides is 1. The van der Waals surface area contributed by atoms with Crippen LogP contribution in [0.5, 0.6) is 11.5 Å². The predicted octanol–water partition coefficient (Wildman–Crippen LogP) is 4.76. The molecule has 3 heterocycles. The summed E-state index contributed by atoms with van der Waals surface area (Å²) >= 11 is 0. The van der Waals surface area contributed by atoms with Crippen molar-refractivity contribution in [2.45, 2.75) is 54.6 Å². The summed E-state index contributed by atoms with van der Waals surface area (Å²) < 4.78 is 51.3. The van der Waals surface area contributed by atoms with Gasteiger partial charge in [0, 0.05) is 56.9 Å². The van der Waals surface area contributed by atoms with Crippen molar-refractivity contribution in [3.05, 3.63) is 83.7 Å². The summed E-state index contributed by atoms with van der Waals surface area (Å²) in [6.07, 6.45) is 1.75. The van der Waals surface area contributed by atoms with Crippen molar-refractivity contribution in [2.24, 2.45) is 0 Å². The number of piperazine rings is 1. The van der Waals surface area contributed by atoms with Gasteiger partial charge in [0.25, 0.3) is 5.91 Å². The number of nitrogens with zero attached hydrogens (tertiary/aromatic N) is 3. The normalized spacial score (nSPS) is 20.9. The van der Waals surface area contributed by atoms with Gasteiger partial charge in [-0.1, -0.05) is 24.3 Å². The van der Waals surface area contributed by atoms with Crippen LogP contribution in [0.15, 0.2) is 76.5 Å². The van der Waals surface area contributed by atoms with E-state index in [0.717, 1.165) is 38.0 Å². The SMILES string of the molecule is C[C@@H]1CN(C2CCN(C(=O)c3ccccc3F)CC2)CCN1[C@@H](C)c1ccc(S(=O)(=O)c2ccc3c(c2)OCO3)cc1. The van der Waals surface area contributed by atoms with E-state index in [1.54, 1.807) is 47.4 Å². The smallest absolute Gasteiger partial charge is 0.256 e. The lowest BCUT2D eigenvalue weighted by atomic mass is 9.98. The van der Waals surface area contributed by atoms with E-state index in [1.165, 1.54) is 12.1 Å². The van der Waals surface area contributed by atoms with Crippen LogP contribution in [0, 0.1) is 5.82 Å². The maximum Gasteiger partial charge on any atom is 0.256 e. The molecule has 8 nitrogen and oxygen atoms in total. The quantitative estimate of drug-likeness (QED) is 0.408. The molecule has 0 aromatic heterocycles. The molecular formula is C32H36FN3O5S. The molecule has 0 radical (unpaired) electrons. The molecule has 0 N–H and O–H groups in total. The number of piperidine rings is 1. The molecular weight excluding hydrogens is 557 g/mol. The summed E-state index contributed by atoms with van der Waals surface area (Å²) in [7, 11) is -3.68. The van der Waals surface area contributed by atoms with Crippen LogP contribution >= 0.6 is 0 Å². The van der Waals surface area contributed by atoms with Crippen molar-refractivity contribution in [2.75, 3.05) is 39.5 Å². The van der Waals surface area contributed by atoms with Crippen LogP contribution in [0.4, 0.5) is 4.39 Å². The molecule has 3 aliphatic rings. The van der Waals surface area contributed by atoms with Crippen LogP contribution in [0.2, 0.25) is 0 Å². The Balaban J connectivity index is 1.05. The number of ether oxygens (including phenoxy) is 2. The highest BCUT2D eigenvalue weighted by Crippen LogP contribution is 2.36. The zero-order valence-corrected chi connectivity index (χ0v) is 24.7. The number of halogens is 1. The van der Waals surface area contributed by atoms with E-state index < -0.39 is 15.7 Å². The van der Waals surface area contributed by atoms with E-state index in [1.807, 2.05) is 12.1 Å². The highest BCUT2D eigenvalue weighted by molar-refractivity contribution is 7.91. The minimum atomic E-state index is -3.68. The second-order valence-corrected chi connectivity index (χ2v) is 13.3. The number of hydrogen-bond donors (Lipinski definition) is 0. The van der Waals surface area contributed by atoms with E-state index in [4.69, 9.17) is 9.47 Å². The molecule has 0 unspecified atom stereocenters. The van der Waals surface area contributed by atoms with E-state index >= 15 is 0 Å². The summed E-state index contributed by atoms with van der Waals surface area (Å²) in [6.45, 7) is 8.50. The third kappa shape index (κ3) is 5.50. The number of hydrogen-bond acceptors (Lipinski definition) is 7. The van der Waals surface area contributed by atoms with Gasteiger partial charge in [-0.3, -0.25) is 14.6 Å². The fourth-order valence-corrected chi connectivity index (χ4v) is 7.72. The highest BCUT2D eigenvalue weighted by Gasteiger charge is 2.34. The fourth-order valence-electron chi connectivity index (χ4n) is 6.44. The van der Waals surface area contributed by atoms with Gasteiger partial charge in [-0.2, -0.15) is 0 Å². The summed E-state index contributed by atoms with van der Waals surface area (Å²) in [6, 6.07) is 18.9. The van der Waals surface area contributed by atoms with Gasteiger partial charge in [0.2, 0.25) is 16.6 Å². The Hall–Kier alpha value is -3.47. The summed E-state index contributed by atoms with van der Waals surface area (Å²) in [4.78, 5) is 20.0. The minimum Gasteiger partial charge on any atom is -0.454 e. The first-order chi connectivity index (χ1) is 20.2. The molecule has 0 spiro atoms. The third-order valence-corrected chi connectivity index (χ3v) is 10.7. The number of sulfone groups is 1. The van der Waals surface area contributed by atoms with Crippen LogP contribution in [0.1, 0.15) is 48.7 Å². The topological polar surface area (TPSA) is 79.4 Å². The first kappa shape index (κ1) is 28.6. The van der Waals surface area contributed by atoms with Crippen molar-refractivity contribution in [3.63, 3.8) is 0 Å². The molecule has 6 rings (SSSR count). The Bertz CT molecular complexity index is 1560. The van der Waals surface area contributed by atoms with Gasteiger partial charge in [-0.15, -0.1) is 0 Å². The van der Waals surface area contributed by atoms with Gasteiger partial charge in [0.15, 0.2) is 11.5 Å². The van der Waals surface area contributed by atoms with E-state index in [9.17, 15) is 17.6 Å². The highest BCUT2D eigenvalue weighted by atomic mass is 32.2. The van der Waals surface area contributed by atoms with Gasteiger partial charge >= 0.3 is 0 Å². The van der Waals surface area contributed by atoms with Crippen LogP contribution in [-0.4, -0.2) is 80.6 Å². The molecule has 3 aromatic carbocycles. The minimum absolute atomic E-state index is 0.0927. The molecule has 0 saturated carbocycles. The summed E-state index contributed by atoms with van der Waals surface area (Å²) in [5.74, 6) is 0.293. The van der Waals surface area contributed by atoms with Gasteiger partial charge < -0.3 is 14.4 Å². The fraction of sp³-hybridized carbons (Fsp3) is 0.406. The number of rotatable bonds is 6. The number of benzene rings is 3. The Morgan fingerprint density at radius 3 is 2.31 bits per heavy atom. The Morgan fingerprint density at radius 2 is 1.60 bits per heavy atom. The number of fused-ring (bicyclic) bond motifs is 1. The van der Waals surface area contributed by atoms with Crippen LogP contribution < -0.4 is 9.47 Å². The molecule has 222 valence electrons. The molecule has 1 amide bonds. The number of likely N-dealkylation sites (tertiary alicyclic amines) is 1. The lowest BCUT2D eigenvalue weighted by molar-refractivity contribution is 0.0134. The Morgan fingerprint density at radius 1 is 0.905 bits per heavy atom. The molecule has 0 aliphatic carbocycles. The summed E-state index contributed by atoms with van der Waals surface area (Å²) in [5, 5.41) is 0. The first-order valence-corrected chi connectivity index (χ1v) is 16.0. The second-order valence-electron chi connectivity index (χ2n) is 11.3. The predicted molar refractivity (Wildman–Crippen MR) is 156 cm³/mol. The van der Waals surface area contributed by atoms with E-state index in [0.29, 0.717) is 36.7 Å². The van der Waals surface area contributed by atoms with Gasteiger partial charge in [-0.25, -0.2) is 12.8 Å². The Labute approximate surface area is 246 Å². The Kier molecular flexibility index (Phi) is 7.95. The van der Waals surface area contributed by atoms with E-state index in [-0.39, 0.29) is 34.1 Å². The molecule has 3 aromatic rings. The lowest BCUT2D eigenvalue weighted by Gasteiger charge is -2.47. The zero-order valence-electron chi connectivity index (χ0n) is 23.9. The van der Waals surface area contributed by atoms with Crippen LogP contribution in [-0.2, 0) is 9.84 Å². The first-order valence-electron chi connectivity index (χ1n) is 14.5. The molecule has 2 atom stereocenters. The van der Waals surface area contributed by atoms with Crippen LogP contribution in [0.3, 0.4) is 0 Å². The number of carbonyl (C=O) groups excluding carboxylic acids is 1. The van der Waals surface area contributed by atoms with Crippen molar-refractivity contribution < 1.29 is 27.1 Å². The third-order valence-electron chi connectivity index (χ3n) is 8.91. The van der Waals surface area contributed by atoms with Gasteiger partial charge in [-0.05, 0) is 68.7 Å². The maximum atomic E-state index is 14.1. The van der Waals surface area contributed by atoms with E-state index in [2.05, 4.69) is 23.6 Å². The summed E-state index contributed by atoms with van der Waals surface area (Å²) in [5.41, 5.74) is 1.21. The van der Waals surface area contributed by atoms with Crippen molar-refractivity contribution in [3.8, 4) is 11.5 Å². The van der Waals surface area contributed by atoms with Gasteiger partial charge in [0.05, 0.1) is 15.4 Å². The maximum absolute atomic E-state index is 14.1. The average molecular weight is 594 g/mol. The van der Waals surface area contributed by atoms with Crippen molar-refractivity contribution in [1.82, 2.24) is 14.7 Å². The largest absolute Gasteiger partial charge is 0.454 e. The van der Waals surface area contributed by atoms with Crippen LogP contribution in [0.25, 0.3) is 0 Å². The van der Waals surface area contributed by atoms with Gasteiger partial charge in [0.1, 0.15) is 5.82 Å². The lowest BCUT2D eigenvalue weighted by Crippen LogP contribution is -2.57. The molecule has 3 aliphatic heterocycles. The molecule has 42 heavy (non-hydrogen) atoms. The standard InChI is InChI=1S/C32H36FN3O5S/c1-22-20-35(25-13-15-34(16-14-25)32(37)28-5-3-4-6-29(28)33)17-18-36(22)23(2)24-7-9-26(10-8-24)42(38,39)27-11-12-30-31(19-27)41-21-40-30/h3-12,19,22-23,25H,13-18,20-21H2,1-2H3/t22-,23+/m1/s1. The average Bonchev–Trinajstić information content (AvgIpc) is 3.49. The van der Waals surface area contributed by atoms with Crippen molar-refractivity contribution in [1.29, 1.82) is 0 Å². The second kappa shape index (κ2) is 11.7. The molecule has 2 saturated heterocycles. The molecule has 2 fully saturated rings. The zero-order chi connectivity index (χ0) is 29.4. The molecule has 10 heteroatoms. The molecule has 0 bridgehead atoms. The monoisotopic (exact) mass is 593 g/mol. The van der Waals surface area contributed by atoms with Crippen molar-refractivity contribution >= 4 is 15.7 Å². The number of carbonyl (C=O) groups is 1.